The summed E-state index contributed by atoms with van der Waals surface area (Å²) in [7, 11) is 1.54. The largest absolute Gasteiger partial charge is 0.492 e. The monoisotopic (exact) mass is 451 g/mol. The molecule has 2 aromatic carbocycles. The van der Waals surface area contributed by atoms with Crippen LogP contribution in [0.5, 0.6) is 28.9 Å². The predicted octanol–water partition coefficient (Wildman–Crippen LogP) is 5.04. The maximum Gasteiger partial charge on any atom is 0.304 e. The van der Waals surface area contributed by atoms with Gasteiger partial charge >= 0.3 is 5.97 Å². The second kappa shape index (κ2) is 8.61. The lowest BCUT2D eigenvalue weighted by Crippen LogP contribution is -2.07. The standard InChI is InChI=1S/C25H22FNO6/c1-30-23-9-3-16(12-27-23)33-20-8-6-19(26)25-18(20)5-7-21(25)32-15-2-4-17-14(10-24(28)29)13-31-22(17)11-15/h2-4,6,8-9,11-12,14,21H,5,7,10,13H2,1H3,(H,28,29). The number of methoxy groups -OCH3 is 1. The molecule has 0 saturated heterocycles. The fraction of sp³-hybridized carbons (Fsp3) is 0.280. The highest BCUT2D eigenvalue weighted by molar-refractivity contribution is 5.68. The first-order valence-corrected chi connectivity index (χ1v) is 10.7. The number of carboxylic acid groups (broad SMARTS) is 1. The van der Waals surface area contributed by atoms with Crippen LogP contribution in [-0.4, -0.2) is 29.8 Å². The van der Waals surface area contributed by atoms with Crippen LogP contribution in [0.3, 0.4) is 0 Å². The van der Waals surface area contributed by atoms with Crippen LogP contribution in [0.2, 0.25) is 0 Å². The highest BCUT2D eigenvalue weighted by Crippen LogP contribution is 2.44. The molecule has 8 heteroatoms. The average molecular weight is 451 g/mol. The number of aliphatic carboxylic acids is 1. The minimum Gasteiger partial charge on any atom is -0.492 e. The van der Waals surface area contributed by atoms with Crippen LogP contribution in [0, 0.1) is 5.82 Å². The number of hydrogen-bond donors (Lipinski definition) is 1. The molecule has 170 valence electrons. The minimum absolute atomic E-state index is 0.0148. The molecular weight excluding hydrogens is 429 g/mol. The molecule has 2 heterocycles. The van der Waals surface area contributed by atoms with Gasteiger partial charge in [-0.15, -0.1) is 0 Å². The Morgan fingerprint density at radius 3 is 2.82 bits per heavy atom. The second-order valence-corrected chi connectivity index (χ2v) is 8.03. The summed E-state index contributed by atoms with van der Waals surface area (Å²) in [5.74, 6) is 1.36. The van der Waals surface area contributed by atoms with E-state index in [1.54, 1.807) is 36.5 Å². The van der Waals surface area contributed by atoms with E-state index in [9.17, 15) is 9.18 Å². The highest BCUT2D eigenvalue weighted by atomic mass is 19.1. The van der Waals surface area contributed by atoms with Crippen molar-refractivity contribution in [1.29, 1.82) is 0 Å². The molecule has 0 radical (unpaired) electrons. The number of nitrogens with zero attached hydrogens (tertiary/aromatic N) is 1. The molecule has 7 nitrogen and oxygen atoms in total. The maximum atomic E-state index is 14.8. The van der Waals surface area contributed by atoms with Gasteiger partial charge in [0.15, 0.2) is 0 Å². The smallest absolute Gasteiger partial charge is 0.304 e. The Morgan fingerprint density at radius 1 is 1.21 bits per heavy atom. The van der Waals surface area contributed by atoms with Gasteiger partial charge in [0.05, 0.1) is 26.3 Å². The van der Waals surface area contributed by atoms with Gasteiger partial charge in [-0.05, 0) is 37.1 Å². The summed E-state index contributed by atoms with van der Waals surface area (Å²) in [4.78, 5) is 15.2. The number of rotatable bonds is 7. The zero-order valence-electron chi connectivity index (χ0n) is 17.9. The van der Waals surface area contributed by atoms with E-state index in [2.05, 4.69) is 4.98 Å². The Morgan fingerprint density at radius 2 is 2.06 bits per heavy atom. The van der Waals surface area contributed by atoms with Gasteiger partial charge in [-0.25, -0.2) is 9.37 Å². The topological polar surface area (TPSA) is 87.1 Å². The maximum absolute atomic E-state index is 14.8. The third-order valence-electron chi connectivity index (χ3n) is 5.95. The van der Waals surface area contributed by atoms with Crippen molar-refractivity contribution in [2.75, 3.05) is 13.7 Å². The number of carboxylic acids is 1. The molecule has 0 spiro atoms. The molecular formula is C25H22FNO6. The number of hydrogen-bond acceptors (Lipinski definition) is 6. The van der Waals surface area contributed by atoms with E-state index in [-0.39, 0.29) is 18.2 Å². The van der Waals surface area contributed by atoms with Crippen molar-refractivity contribution in [1.82, 2.24) is 4.98 Å². The summed E-state index contributed by atoms with van der Waals surface area (Å²) in [5.41, 5.74) is 2.11. The van der Waals surface area contributed by atoms with Crippen LogP contribution in [0.25, 0.3) is 0 Å². The minimum atomic E-state index is -0.863. The number of ether oxygens (including phenoxy) is 4. The van der Waals surface area contributed by atoms with E-state index in [1.807, 2.05) is 6.07 Å². The zero-order chi connectivity index (χ0) is 22.9. The average Bonchev–Trinajstić information content (AvgIpc) is 3.41. The summed E-state index contributed by atoms with van der Waals surface area (Å²) >= 11 is 0. The molecule has 0 fully saturated rings. The number of aromatic nitrogens is 1. The van der Waals surface area contributed by atoms with Gasteiger partial charge in [-0.3, -0.25) is 4.79 Å². The molecule has 0 bridgehead atoms. The Balaban J connectivity index is 1.36. The Labute approximate surface area is 189 Å². The van der Waals surface area contributed by atoms with Crippen LogP contribution in [0.4, 0.5) is 4.39 Å². The molecule has 1 N–H and O–H groups in total. The first-order chi connectivity index (χ1) is 16.0. The number of fused-ring (bicyclic) bond motifs is 2. The Hall–Kier alpha value is -3.81. The summed E-state index contributed by atoms with van der Waals surface area (Å²) in [6.45, 7) is 0.326. The van der Waals surface area contributed by atoms with Crippen molar-refractivity contribution in [3.05, 3.63) is 71.2 Å². The lowest BCUT2D eigenvalue weighted by Gasteiger charge is -2.17. The van der Waals surface area contributed by atoms with E-state index in [4.69, 9.17) is 24.1 Å². The molecule has 5 rings (SSSR count). The van der Waals surface area contributed by atoms with Crippen molar-refractivity contribution in [2.45, 2.75) is 31.3 Å². The van der Waals surface area contributed by atoms with Gasteiger partial charge in [-0.2, -0.15) is 0 Å². The highest BCUT2D eigenvalue weighted by Gasteiger charge is 2.32. The third kappa shape index (κ3) is 4.16. The fourth-order valence-corrected chi connectivity index (χ4v) is 4.40. The number of benzene rings is 2. The van der Waals surface area contributed by atoms with E-state index in [1.165, 1.54) is 13.2 Å². The molecule has 0 saturated carbocycles. The fourth-order valence-electron chi connectivity index (χ4n) is 4.40. The van der Waals surface area contributed by atoms with Gasteiger partial charge in [-0.1, -0.05) is 6.07 Å². The first kappa shape index (κ1) is 21.1. The number of halogens is 1. The molecule has 0 amide bonds. The van der Waals surface area contributed by atoms with Crippen LogP contribution >= 0.6 is 0 Å². The summed E-state index contributed by atoms with van der Waals surface area (Å²) in [5, 5.41) is 9.07. The van der Waals surface area contributed by atoms with Crippen LogP contribution < -0.4 is 18.9 Å². The van der Waals surface area contributed by atoms with Crippen molar-refractivity contribution in [2.24, 2.45) is 0 Å². The predicted molar refractivity (Wildman–Crippen MR) is 116 cm³/mol. The van der Waals surface area contributed by atoms with Crippen molar-refractivity contribution >= 4 is 5.97 Å². The van der Waals surface area contributed by atoms with Gasteiger partial charge in [0, 0.05) is 34.7 Å². The molecule has 2 unspecified atom stereocenters. The lowest BCUT2D eigenvalue weighted by molar-refractivity contribution is -0.137. The van der Waals surface area contributed by atoms with E-state index < -0.39 is 12.1 Å². The Kier molecular flexibility index (Phi) is 5.50. The lowest BCUT2D eigenvalue weighted by atomic mass is 9.98. The van der Waals surface area contributed by atoms with Gasteiger partial charge in [0.1, 0.15) is 34.9 Å². The van der Waals surface area contributed by atoms with Crippen LogP contribution in [0.1, 0.15) is 41.6 Å². The molecule has 33 heavy (non-hydrogen) atoms. The summed E-state index contributed by atoms with van der Waals surface area (Å²) < 4.78 is 37.6. The zero-order valence-corrected chi connectivity index (χ0v) is 17.9. The quantitative estimate of drug-likeness (QED) is 0.539. The molecule has 1 aliphatic carbocycles. The third-order valence-corrected chi connectivity index (χ3v) is 5.95. The number of carbonyl (C=O) groups is 1. The SMILES string of the molecule is COc1ccc(Oc2ccc(F)c3c2CCC3Oc2ccc3c(c2)OCC3CC(=O)O)cn1. The molecule has 1 aromatic heterocycles. The van der Waals surface area contributed by atoms with Crippen LogP contribution in [0.15, 0.2) is 48.7 Å². The summed E-state index contributed by atoms with van der Waals surface area (Å²) in [6, 6.07) is 11.8. The van der Waals surface area contributed by atoms with E-state index in [0.29, 0.717) is 53.9 Å². The molecule has 3 aromatic rings. The van der Waals surface area contributed by atoms with E-state index >= 15 is 0 Å². The Bertz CT molecular complexity index is 1200. The van der Waals surface area contributed by atoms with Crippen molar-refractivity contribution in [3.8, 4) is 28.9 Å². The first-order valence-electron chi connectivity index (χ1n) is 10.7. The molecule has 2 atom stereocenters. The molecule has 1 aliphatic heterocycles. The van der Waals surface area contributed by atoms with Crippen molar-refractivity contribution < 1.29 is 33.2 Å². The van der Waals surface area contributed by atoms with E-state index in [0.717, 1.165) is 11.1 Å². The van der Waals surface area contributed by atoms with Gasteiger partial charge in [0.2, 0.25) is 5.88 Å². The van der Waals surface area contributed by atoms with Gasteiger partial charge in [0.25, 0.3) is 0 Å². The molecule has 2 aliphatic rings. The second-order valence-electron chi connectivity index (χ2n) is 8.03. The van der Waals surface area contributed by atoms with Crippen molar-refractivity contribution in [3.63, 3.8) is 0 Å². The van der Waals surface area contributed by atoms with Crippen LogP contribution in [-0.2, 0) is 11.2 Å². The van der Waals surface area contributed by atoms with Gasteiger partial charge < -0.3 is 24.1 Å². The summed E-state index contributed by atoms with van der Waals surface area (Å²) in [6.07, 6.45) is 2.32. The number of pyridine rings is 1. The normalized spacial score (nSPS) is 18.2.